The van der Waals surface area contributed by atoms with E-state index in [2.05, 4.69) is 28.8 Å². The Bertz CT molecular complexity index is 552. The Balaban J connectivity index is 2.68. The van der Waals surface area contributed by atoms with E-state index < -0.39 is 0 Å². The molecule has 1 aromatic carbocycles. The van der Waals surface area contributed by atoms with E-state index in [1.54, 1.807) is 0 Å². The fraction of sp³-hybridized carbons (Fsp3) is 0.154. The minimum absolute atomic E-state index is 0.844. The van der Waals surface area contributed by atoms with Crippen LogP contribution in [0.1, 0.15) is 6.92 Å². The van der Waals surface area contributed by atoms with Crippen LogP contribution in [0.15, 0.2) is 48.6 Å². The van der Waals surface area contributed by atoms with Gasteiger partial charge in [0.1, 0.15) is 4.64 Å². The molecule has 15 heavy (non-hydrogen) atoms. The zero-order valence-electron chi connectivity index (χ0n) is 8.68. The van der Waals surface area contributed by atoms with Crippen molar-refractivity contribution in [1.82, 2.24) is 4.57 Å². The maximum absolute atomic E-state index is 5.32. The minimum atomic E-state index is 0.844. The van der Waals surface area contributed by atoms with E-state index >= 15 is 0 Å². The van der Waals surface area contributed by atoms with Gasteiger partial charge in [-0.3, -0.25) is 0 Å². The van der Waals surface area contributed by atoms with Crippen LogP contribution in [0.4, 0.5) is 0 Å². The van der Waals surface area contributed by atoms with Crippen LogP contribution in [0, 0.1) is 4.64 Å². The molecule has 0 saturated heterocycles. The molecule has 0 aliphatic heterocycles. The molecule has 0 N–H and O–H groups in total. The quantitative estimate of drug-likeness (QED) is 0.542. The third-order valence-corrected chi connectivity index (χ3v) is 2.78. The molecule has 1 nitrogen and oxygen atoms in total. The second-order valence-electron chi connectivity index (χ2n) is 3.41. The lowest BCUT2D eigenvalue weighted by Gasteiger charge is -2.08. The fourth-order valence-electron chi connectivity index (χ4n) is 1.64. The van der Waals surface area contributed by atoms with Crippen molar-refractivity contribution in [3.8, 4) is 0 Å². The molecule has 0 saturated carbocycles. The van der Waals surface area contributed by atoms with Crippen molar-refractivity contribution in [2.24, 2.45) is 0 Å². The topological polar surface area (TPSA) is 4.93 Å². The number of rotatable bonds is 2. The Labute approximate surface area is 94.7 Å². The zero-order valence-corrected chi connectivity index (χ0v) is 9.50. The standard InChI is InChI=1S/C13H13NS/c1-2-3-10-14-12-7-5-4-6-11(12)8-9-13(14)15/h2-9H,10H2,1H3. The van der Waals surface area contributed by atoms with E-state index in [4.69, 9.17) is 12.2 Å². The largest absolute Gasteiger partial charge is 0.328 e. The molecule has 0 aliphatic rings. The van der Waals surface area contributed by atoms with Crippen molar-refractivity contribution >= 4 is 23.1 Å². The normalized spacial score (nSPS) is 11.3. The number of fused-ring (bicyclic) bond motifs is 1. The Morgan fingerprint density at radius 3 is 2.80 bits per heavy atom. The number of hydrogen-bond acceptors (Lipinski definition) is 1. The van der Waals surface area contributed by atoms with Crippen LogP contribution in [0.5, 0.6) is 0 Å². The van der Waals surface area contributed by atoms with Crippen LogP contribution in [0.2, 0.25) is 0 Å². The van der Waals surface area contributed by atoms with Gasteiger partial charge in [-0.15, -0.1) is 0 Å². The second-order valence-corrected chi connectivity index (χ2v) is 3.83. The summed E-state index contributed by atoms with van der Waals surface area (Å²) in [6, 6.07) is 12.4. The zero-order chi connectivity index (χ0) is 10.7. The molecule has 0 spiro atoms. The van der Waals surface area contributed by atoms with Gasteiger partial charge in [0.2, 0.25) is 0 Å². The molecule has 0 atom stereocenters. The van der Waals surface area contributed by atoms with E-state index in [0.29, 0.717) is 0 Å². The highest BCUT2D eigenvalue weighted by Gasteiger charge is 1.97. The first-order chi connectivity index (χ1) is 7.33. The second kappa shape index (κ2) is 4.41. The van der Waals surface area contributed by atoms with Crippen LogP contribution in [0.3, 0.4) is 0 Å². The van der Waals surface area contributed by atoms with Gasteiger partial charge in [-0.1, -0.05) is 42.6 Å². The van der Waals surface area contributed by atoms with Gasteiger partial charge in [0.15, 0.2) is 0 Å². The summed E-state index contributed by atoms with van der Waals surface area (Å²) in [7, 11) is 0. The molecule has 0 amide bonds. The van der Waals surface area contributed by atoms with Crippen molar-refractivity contribution in [2.45, 2.75) is 13.5 Å². The molecule has 1 aromatic heterocycles. The Morgan fingerprint density at radius 2 is 2.00 bits per heavy atom. The van der Waals surface area contributed by atoms with Crippen LogP contribution in [-0.4, -0.2) is 4.57 Å². The number of nitrogens with zero attached hydrogens (tertiary/aromatic N) is 1. The summed E-state index contributed by atoms with van der Waals surface area (Å²) in [6.07, 6.45) is 4.16. The lowest BCUT2D eigenvalue weighted by atomic mass is 10.2. The van der Waals surface area contributed by atoms with Crippen molar-refractivity contribution in [3.05, 3.63) is 53.2 Å². The number of pyridine rings is 1. The lowest BCUT2D eigenvalue weighted by Crippen LogP contribution is -1.99. The van der Waals surface area contributed by atoms with Gasteiger partial charge in [0, 0.05) is 12.1 Å². The van der Waals surface area contributed by atoms with Crippen LogP contribution in [-0.2, 0) is 6.54 Å². The molecule has 0 unspecified atom stereocenters. The Hall–Kier alpha value is -1.41. The highest BCUT2D eigenvalue weighted by Crippen LogP contribution is 2.14. The highest BCUT2D eigenvalue weighted by molar-refractivity contribution is 7.71. The molecule has 1 heterocycles. The van der Waals surface area contributed by atoms with Gasteiger partial charge in [-0.05, 0) is 30.5 Å². The molecular weight excluding hydrogens is 202 g/mol. The van der Waals surface area contributed by atoms with Gasteiger partial charge >= 0.3 is 0 Å². The first-order valence-electron chi connectivity index (χ1n) is 5.02. The number of allylic oxidation sites excluding steroid dienone is 2. The summed E-state index contributed by atoms with van der Waals surface area (Å²) in [6.45, 7) is 2.87. The molecule has 0 radical (unpaired) electrons. The number of hydrogen-bond donors (Lipinski definition) is 0. The summed E-state index contributed by atoms with van der Waals surface area (Å²) in [5.74, 6) is 0. The fourth-order valence-corrected chi connectivity index (χ4v) is 1.88. The van der Waals surface area contributed by atoms with Crippen LogP contribution in [0.25, 0.3) is 10.9 Å². The monoisotopic (exact) mass is 215 g/mol. The van der Waals surface area contributed by atoms with Gasteiger partial charge in [-0.2, -0.15) is 0 Å². The molecule has 0 fully saturated rings. The lowest BCUT2D eigenvalue weighted by molar-refractivity contribution is 0.838. The molecule has 0 aliphatic carbocycles. The van der Waals surface area contributed by atoms with E-state index in [1.807, 2.05) is 31.2 Å². The molecular formula is C13H13NS. The van der Waals surface area contributed by atoms with Crippen molar-refractivity contribution in [3.63, 3.8) is 0 Å². The summed E-state index contributed by atoms with van der Waals surface area (Å²) in [4.78, 5) is 0. The Kier molecular flexibility index (Phi) is 2.97. The predicted molar refractivity (Wildman–Crippen MR) is 67.6 cm³/mol. The summed E-state index contributed by atoms with van der Waals surface area (Å²) >= 11 is 5.32. The molecule has 2 heteroatoms. The van der Waals surface area contributed by atoms with E-state index in [0.717, 1.165) is 11.2 Å². The first-order valence-corrected chi connectivity index (χ1v) is 5.43. The van der Waals surface area contributed by atoms with Crippen molar-refractivity contribution in [1.29, 1.82) is 0 Å². The summed E-state index contributed by atoms with van der Waals surface area (Å²) < 4.78 is 3.02. The maximum Gasteiger partial charge on any atom is 0.106 e. The van der Waals surface area contributed by atoms with E-state index in [1.165, 1.54) is 10.9 Å². The van der Waals surface area contributed by atoms with Gasteiger partial charge < -0.3 is 4.57 Å². The molecule has 0 bridgehead atoms. The van der Waals surface area contributed by atoms with Crippen molar-refractivity contribution in [2.75, 3.05) is 0 Å². The minimum Gasteiger partial charge on any atom is -0.328 e. The average Bonchev–Trinajstić information content (AvgIpc) is 2.28. The number of para-hydroxylation sites is 1. The smallest absolute Gasteiger partial charge is 0.106 e. The SMILES string of the molecule is CC=CCn1c(=S)ccc2ccccc21. The summed E-state index contributed by atoms with van der Waals surface area (Å²) in [5.41, 5.74) is 1.20. The third kappa shape index (κ3) is 2.00. The van der Waals surface area contributed by atoms with Gasteiger partial charge in [-0.25, -0.2) is 0 Å². The predicted octanol–water partition coefficient (Wildman–Crippen LogP) is 3.95. The number of benzene rings is 1. The maximum atomic E-state index is 5.32. The first kappa shape index (κ1) is 10.1. The number of aromatic nitrogens is 1. The molecule has 2 rings (SSSR count). The Morgan fingerprint density at radius 1 is 1.20 bits per heavy atom. The highest BCUT2D eigenvalue weighted by atomic mass is 32.1. The van der Waals surface area contributed by atoms with E-state index in [-0.39, 0.29) is 0 Å². The van der Waals surface area contributed by atoms with Crippen LogP contribution >= 0.6 is 12.2 Å². The average molecular weight is 215 g/mol. The van der Waals surface area contributed by atoms with Crippen LogP contribution < -0.4 is 0 Å². The van der Waals surface area contributed by atoms with E-state index in [9.17, 15) is 0 Å². The summed E-state index contributed by atoms with van der Waals surface area (Å²) in [5, 5.41) is 1.23. The van der Waals surface area contributed by atoms with Gasteiger partial charge in [0.25, 0.3) is 0 Å². The van der Waals surface area contributed by atoms with Crippen molar-refractivity contribution < 1.29 is 0 Å². The third-order valence-electron chi connectivity index (χ3n) is 2.42. The van der Waals surface area contributed by atoms with Gasteiger partial charge in [0.05, 0.1) is 0 Å². The molecule has 2 aromatic rings. The molecule has 76 valence electrons.